The third-order valence-corrected chi connectivity index (χ3v) is 4.72. The number of aliphatic imine (C=N–C) groups is 1. The Morgan fingerprint density at radius 1 is 1.16 bits per heavy atom. The zero-order valence-electron chi connectivity index (χ0n) is 15.1. The van der Waals surface area contributed by atoms with Crippen molar-refractivity contribution in [3.05, 3.63) is 30.3 Å². The van der Waals surface area contributed by atoms with Gasteiger partial charge in [0.15, 0.2) is 5.96 Å². The summed E-state index contributed by atoms with van der Waals surface area (Å²) >= 11 is 0. The Bertz CT molecular complexity index is 640. The molecule has 0 aromatic heterocycles. The molecule has 0 unspecified atom stereocenters. The second kappa shape index (κ2) is 9.62. The van der Waals surface area contributed by atoms with Gasteiger partial charge in [0.05, 0.1) is 6.26 Å². The molecule has 0 amide bonds. The lowest BCUT2D eigenvalue weighted by Gasteiger charge is -2.37. The molecule has 1 aliphatic rings. The zero-order valence-corrected chi connectivity index (χ0v) is 15.9. The second-order valence-electron chi connectivity index (χ2n) is 6.07. The van der Waals surface area contributed by atoms with E-state index in [1.54, 1.807) is 0 Å². The molecule has 1 aromatic rings. The average molecular weight is 368 g/mol. The van der Waals surface area contributed by atoms with Gasteiger partial charge in [-0.1, -0.05) is 18.2 Å². The third kappa shape index (κ3) is 6.91. The van der Waals surface area contributed by atoms with Crippen LogP contribution in [0.15, 0.2) is 35.3 Å². The molecule has 1 saturated heterocycles. The predicted molar refractivity (Wildman–Crippen MR) is 104 cm³/mol. The van der Waals surface area contributed by atoms with Crippen molar-refractivity contribution in [1.82, 2.24) is 14.9 Å². The maximum Gasteiger partial charge on any atom is 0.208 e. The molecule has 0 saturated carbocycles. The number of piperazine rings is 1. The topological polar surface area (TPSA) is 77.0 Å². The summed E-state index contributed by atoms with van der Waals surface area (Å²) < 4.78 is 24.6. The molecule has 2 N–H and O–H groups in total. The number of guanidine groups is 1. The summed E-state index contributed by atoms with van der Waals surface area (Å²) in [6, 6.07) is 10.5. The van der Waals surface area contributed by atoms with Crippen LogP contribution in [-0.4, -0.2) is 71.3 Å². The van der Waals surface area contributed by atoms with Gasteiger partial charge in [0.2, 0.25) is 10.0 Å². The lowest BCUT2D eigenvalue weighted by molar-refractivity contribution is 0.372. The van der Waals surface area contributed by atoms with Crippen LogP contribution < -0.4 is 14.9 Å². The third-order valence-electron chi connectivity index (χ3n) is 4.00. The number of hydrogen-bond acceptors (Lipinski definition) is 4. The van der Waals surface area contributed by atoms with Crippen LogP contribution in [0.5, 0.6) is 0 Å². The molecule has 1 fully saturated rings. The normalized spacial score (nSPS) is 16.2. The number of nitrogens with zero attached hydrogens (tertiary/aromatic N) is 3. The van der Waals surface area contributed by atoms with E-state index in [0.717, 1.165) is 38.7 Å². The molecule has 8 heteroatoms. The van der Waals surface area contributed by atoms with E-state index in [-0.39, 0.29) is 0 Å². The minimum Gasteiger partial charge on any atom is -0.368 e. The van der Waals surface area contributed by atoms with Crippen molar-refractivity contribution in [2.45, 2.75) is 13.3 Å². The number of para-hydroxylation sites is 1. The van der Waals surface area contributed by atoms with Crippen molar-refractivity contribution in [3.8, 4) is 0 Å². The summed E-state index contributed by atoms with van der Waals surface area (Å²) in [5.74, 6) is 0.912. The number of rotatable bonds is 7. The standard InChI is InChI=1S/C17H29N5O2S/c1-3-18-17(19-10-7-11-20-25(2,23)24)22-14-12-21(13-15-22)16-8-5-4-6-9-16/h4-6,8-9,20H,3,7,10-15H2,1-2H3,(H,18,19). The van der Waals surface area contributed by atoms with Crippen LogP contribution in [0.4, 0.5) is 5.69 Å². The lowest BCUT2D eigenvalue weighted by Crippen LogP contribution is -2.52. The summed E-state index contributed by atoms with van der Waals surface area (Å²) in [5.41, 5.74) is 1.26. The number of sulfonamides is 1. The van der Waals surface area contributed by atoms with Crippen LogP contribution in [0.3, 0.4) is 0 Å². The first-order valence-electron chi connectivity index (χ1n) is 8.77. The quantitative estimate of drug-likeness (QED) is 0.422. The Morgan fingerprint density at radius 3 is 2.44 bits per heavy atom. The van der Waals surface area contributed by atoms with Crippen molar-refractivity contribution in [2.75, 3.05) is 57.0 Å². The monoisotopic (exact) mass is 367 g/mol. The van der Waals surface area contributed by atoms with Crippen LogP contribution in [0, 0.1) is 0 Å². The van der Waals surface area contributed by atoms with Crippen molar-refractivity contribution < 1.29 is 8.42 Å². The molecule has 1 aromatic carbocycles. The Kier molecular flexibility index (Phi) is 7.52. The van der Waals surface area contributed by atoms with Crippen LogP contribution in [0.25, 0.3) is 0 Å². The van der Waals surface area contributed by atoms with Gasteiger partial charge in [0.1, 0.15) is 0 Å². The molecule has 0 radical (unpaired) electrons. The molecule has 0 aliphatic carbocycles. The molecule has 1 heterocycles. The van der Waals surface area contributed by atoms with Crippen LogP contribution in [-0.2, 0) is 10.0 Å². The Labute approximate surface area is 151 Å². The van der Waals surface area contributed by atoms with E-state index < -0.39 is 10.0 Å². The summed E-state index contributed by atoms with van der Waals surface area (Å²) in [7, 11) is -3.12. The molecule has 0 atom stereocenters. The largest absolute Gasteiger partial charge is 0.368 e. The fourth-order valence-electron chi connectivity index (χ4n) is 2.76. The van der Waals surface area contributed by atoms with E-state index >= 15 is 0 Å². The molecule has 25 heavy (non-hydrogen) atoms. The summed E-state index contributed by atoms with van der Waals surface area (Å²) in [6.45, 7) is 7.66. The van der Waals surface area contributed by atoms with E-state index in [4.69, 9.17) is 0 Å². The van der Waals surface area contributed by atoms with Gasteiger partial charge in [-0.3, -0.25) is 4.99 Å². The SMILES string of the molecule is CCNC(=NCCCNS(C)(=O)=O)N1CCN(c2ccccc2)CC1. The van der Waals surface area contributed by atoms with Gasteiger partial charge in [-0.05, 0) is 25.5 Å². The molecular weight excluding hydrogens is 338 g/mol. The highest BCUT2D eigenvalue weighted by atomic mass is 32.2. The zero-order chi connectivity index (χ0) is 18.1. The molecule has 140 valence electrons. The molecular formula is C17H29N5O2S. The number of benzene rings is 1. The van der Waals surface area contributed by atoms with Crippen LogP contribution in [0.1, 0.15) is 13.3 Å². The second-order valence-corrected chi connectivity index (χ2v) is 7.90. The number of hydrogen-bond donors (Lipinski definition) is 2. The van der Waals surface area contributed by atoms with Crippen molar-refractivity contribution >= 4 is 21.7 Å². The van der Waals surface area contributed by atoms with E-state index in [0.29, 0.717) is 19.5 Å². The highest BCUT2D eigenvalue weighted by molar-refractivity contribution is 7.88. The fraction of sp³-hybridized carbons (Fsp3) is 0.588. The highest BCUT2D eigenvalue weighted by Crippen LogP contribution is 2.15. The van der Waals surface area contributed by atoms with Gasteiger partial charge < -0.3 is 15.1 Å². The van der Waals surface area contributed by atoms with Gasteiger partial charge in [-0.25, -0.2) is 13.1 Å². The first-order chi connectivity index (χ1) is 12.0. The molecule has 1 aliphatic heterocycles. The maximum absolute atomic E-state index is 11.1. The van der Waals surface area contributed by atoms with Gasteiger partial charge in [0, 0.05) is 51.5 Å². The summed E-state index contributed by atoms with van der Waals surface area (Å²) in [4.78, 5) is 9.29. The fourth-order valence-corrected chi connectivity index (χ4v) is 3.28. The maximum atomic E-state index is 11.1. The minimum absolute atomic E-state index is 0.420. The molecule has 7 nitrogen and oxygen atoms in total. The van der Waals surface area contributed by atoms with Crippen molar-refractivity contribution in [3.63, 3.8) is 0 Å². The number of anilines is 1. The van der Waals surface area contributed by atoms with E-state index in [1.165, 1.54) is 11.9 Å². The Morgan fingerprint density at radius 2 is 1.84 bits per heavy atom. The van der Waals surface area contributed by atoms with Crippen molar-refractivity contribution in [2.24, 2.45) is 4.99 Å². The van der Waals surface area contributed by atoms with E-state index in [1.807, 2.05) is 6.07 Å². The van der Waals surface area contributed by atoms with E-state index in [2.05, 4.69) is 56.0 Å². The first kappa shape index (κ1) is 19.5. The highest BCUT2D eigenvalue weighted by Gasteiger charge is 2.19. The molecule has 0 spiro atoms. The molecule has 0 bridgehead atoms. The predicted octanol–water partition coefficient (Wildman–Crippen LogP) is 0.713. The Hall–Kier alpha value is -1.80. The van der Waals surface area contributed by atoms with Gasteiger partial charge in [-0.15, -0.1) is 0 Å². The first-order valence-corrected chi connectivity index (χ1v) is 10.7. The van der Waals surface area contributed by atoms with E-state index in [9.17, 15) is 8.42 Å². The summed E-state index contributed by atoms with van der Waals surface area (Å²) in [5, 5.41) is 3.33. The smallest absolute Gasteiger partial charge is 0.208 e. The number of nitrogens with one attached hydrogen (secondary N) is 2. The average Bonchev–Trinajstić information content (AvgIpc) is 2.60. The lowest BCUT2D eigenvalue weighted by atomic mass is 10.2. The van der Waals surface area contributed by atoms with Crippen LogP contribution in [0.2, 0.25) is 0 Å². The van der Waals surface area contributed by atoms with Gasteiger partial charge >= 0.3 is 0 Å². The van der Waals surface area contributed by atoms with Gasteiger partial charge in [0.25, 0.3) is 0 Å². The summed E-state index contributed by atoms with van der Waals surface area (Å²) in [6.07, 6.45) is 1.86. The molecule has 2 rings (SSSR count). The van der Waals surface area contributed by atoms with Crippen LogP contribution >= 0.6 is 0 Å². The van der Waals surface area contributed by atoms with Gasteiger partial charge in [-0.2, -0.15) is 0 Å². The minimum atomic E-state index is -3.12. The Balaban J connectivity index is 1.83. The van der Waals surface area contributed by atoms with Crippen molar-refractivity contribution in [1.29, 1.82) is 0 Å².